The molecule has 2 aromatic heterocycles. The third kappa shape index (κ3) is 4.15. The number of imidazole rings is 1. The molecule has 3 rings (SSSR count). The first-order valence-corrected chi connectivity index (χ1v) is 8.45. The van der Waals surface area contributed by atoms with Crippen molar-refractivity contribution < 1.29 is 19.4 Å². The first-order valence-electron chi connectivity index (χ1n) is 8.45. The van der Waals surface area contributed by atoms with Crippen LogP contribution in [0, 0.1) is 0 Å². The Morgan fingerprint density at radius 1 is 1.19 bits per heavy atom. The summed E-state index contributed by atoms with van der Waals surface area (Å²) in [5, 5.41) is 9.14. The van der Waals surface area contributed by atoms with Gasteiger partial charge in [-0.2, -0.15) is 0 Å². The summed E-state index contributed by atoms with van der Waals surface area (Å²) in [6.07, 6.45) is 3.49. The average Bonchev–Trinajstić information content (AvgIpc) is 3.03. The number of hydrogen-bond donors (Lipinski definition) is 2. The maximum absolute atomic E-state index is 12.2. The van der Waals surface area contributed by atoms with E-state index < -0.39 is 23.6 Å². The second kappa shape index (κ2) is 6.85. The molecule has 0 aliphatic heterocycles. The molecule has 0 bridgehead atoms. The minimum Gasteiger partial charge on any atom is -0.478 e. The Balaban J connectivity index is 1.92. The number of pyridine rings is 1. The first-order chi connectivity index (χ1) is 12.6. The number of benzene rings is 1. The van der Waals surface area contributed by atoms with E-state index in [4.69, 9.17) is 15.6 Å². The normalized spacial score (nSPS) is 12.7. The molecule has 7 heteroatoms. The number of fused-ring (bicyclic) bond motifs is 1. The molecule has 0 radical (unpaired) electrons. The molecule has 0 amide bonds. The van der Waals surface area contributed by atoms with Crippen LogP contribution in [-0.4, -0.2) is 32.0 Å². The van der Waals surface area contributed by atoms with Gasteiger partial charge in [0, 0.05) is 18.0 Å². The molecule has 0 aliphatic rings. The zero-order valence-corrected chi connectivity index (χ0v) is 15.3. The number of nitrogens with zero attached hydrogens (tertiary/aromatic N) is 2. The molecule has 2 heterocycles. The van der Waals surface area contributed by atoms with Gasteiger partial charge in [0.2, 0.25) is 0 Å². The molecular formula is C20H21N3O4. The van der Waals surface area contributed by atoms with Gasteiger partial charge in [-0.25, -0.2) is 14.6 Å². The largest absolute Gasteiger partial charge is 0.478 e. The van der Waals surface area contributed by atoms with Gasteiger partial charge in [-0.3, -0.25) is 0 Å². The van der Waals surface area contributed by atoms with Crippen molar-refractivity contribution in [2.75, 3.05) is 0 Å². The van der Waals surface area contributed by atoms with Crippen LogP contribution in [0.15, 0.2) is 48.8 Å². The summed E-state index contributed by atoms with van der Waals surface area (Å²) < 4.78 is 7.08. The second-order valence-corrected chi connectivity index (χ2v) is 7.25. The fourth-order valence-corrected chi connectivity index (χ4v) is 2.64. The summed E-state index contributed by atoms with van der Waals surface area (Å²) in [7, 11) is 0. The van der Waals surface area contributed by atoms with E-state index in [1.807, 2.05) is 0 Å². The molecule has 3 N–H and O–H groups in total. The summed E-state index contributed by atoms with van der Waals surface area (Å²) >= 11 is 0. The fraction of sp³-hybridized carbons (Fsp3) is 0.250. The zero-order chi connectivity index (χ0) is 19.8. The molecule has 0 saturated carbocycles. The van der Waals surface area contributed by atoms with E-state index in [1.165, 1.54) is 6.07 Å². The van der Waals surface area contributed by atoms with Crippen molar-refractivity contribution in [1.82, 2.24) is 9.38 Å². The topological polar surface area (TPSA) is 107 Å². The maximum atomic E-state index is 12.2. The summed E-state index contributed by atoms with van der Waals surface area (Å²) in [5.74, 6) is -1.50. The highest BCUT2D eigenvalue weighted by Gasteiger charge is 2.24. The number of nitrogens with two attached hydrogens (primary N) is 1. The van der Waals surface area contributed by atoms with Crippen LogP contribution in [0.4, 0.5) is 0 Å². The molecule has 0 spiro atoms. The molecule has 1 unspecified atom stereocenters. The number of carbonyl (C=O) groups excluding carboxylic acids is 1. The van der Waals surface area contributed by atoms with Crippen molar-refractivity contribution in [2.24, 2.45) is 5.73 Å². The third-order valence-corrected chi connectivity index (χ3v) is 3.90. The highest BCUT2D eigenvalue weighted by atomic mass is 16.6. The zero-order valence-electron chi connectivity index (χ0n) is 15.3. The van der Waals surface area contributed by atoms with E-state index in [2.05, 4.69) is 4.98 Å². The summed E-state index contributed by atoms with van der Waals surface area (Å²) in [5.41, 5.74) is 8.18. The number of esters is 1. The number of hydrogen-bond acceptors (Lipinski definition) is 5. The first kappa shape index (κ1) is 18.6. The summed E-state index contributed by atoms with van der Waals surface area (Å²) in [6, 6.07) is 9.14. The molecule has 1 aromatic carbocycles. The highest BCUT2D eigenvalue weighted by Crippen LogP contribution is 2.23. The Morgan fingerprint density at radius 3 is 2.59 bits per heavy atom. The molecule has 1 atom stereocenters. The van der Waals surface area contributed by atoms with Crippen molar-refractivity contribution in [3.63, 3.8) is 0 Å². The SMILES string of the molecule is CC(C)(C)OC(=O)C(N)c1ccc2nc(-c3cccc(C(=O)O)c3)cn2c1. The Morgan fingerprint density at radius 2 is 1.93 bits per heavy atom. The second-order valence-electron chi connectivity index (χ2n) is 7.25. The van der Waals surface area contributed by atoms with Crippen molar-refractivity contribution in [1.29, 1.82) is 0 Å². The minimum absolute atomic E-state index is 0.192. The Bertz CT molecular complexity index is 1020. The van der Waals surface area contributed by atoms with Crippen molar-refractivity contribution in [3.05, 3.63) is 59.9 Å². The minimum atomic E-state index is -0.994. The van der Waals surface area contributed by atoms with Crippen molar-refractivity contribution >= 4 is 17.6 Å². The highest BCUT2D eigenvalue weighted by molar-refractivity contribution is 5.89. The fourth-order valence-electron chi connectivity index (χ4n) is 2.64. The van der Waals surface area contributed by atoms with E-state index in [1.54, 1.807) is 67.9 Å². The number of aromatic carboxylic acids is 1. The van der Waals surface area contributed by atoms with Crippen LogP contribution in [-0.2, 0) is 9.53 Å². The van der Waals surface area contributed by atoms with Crippen LogP contribution >= 0.6 is 0 Å². The van der Waals surface area contributed by atoms with Crippen LogP contribution in [0.3, 0.4) is 0 Å². The van der Waals surface area contributed by atoms with Crippen LogP contribution < -0.4 is 5.73 Å². The third-order valence-electron chi connectivity index (χ3n) is 3.90. The van der Waals surface area contributed by atoms with Gasteiger partial charge in [0.15, 0.2) is 0 Å². The maximum Gasteiger partial charge on any atom is 0.335 e. The average molecular weight is 367 g/mol. The van der Waals surface area contributed by atoms with E-state index in [0.717, 1.165) is 0 Å². The van der Waals surface area contributed by atoms with Crippen LogP contribution in [0.1, 0.15) is 42.7 Å². The lowest BCUT2D eigenvalue weighted by atomic mass is 10.1. The lowest BCUT2D eigenvalue weighted by Crippen LogP contribution is -2.31. The van der Waals surface area contributed by atoms with Gasteiger partial charge >= 0.3 is 11.9 Å². The number of carboxylic acid groups (broad SMARTS) is 1. The smallest absolute Gasteiger partial charge is 0.335 e. The molecule has 3 aromatic rings. The van der Waals surface area contributed by atoms with Gasteiger partial charge < -0.3 is 20.0 Å². The van der Waals surface area contributed by atoms with Crippen LogP contribution in [0.5, 0.6) is 0 Å². The predicted molar refractivity (Wildman–Crippen MR) is 100 cm³/mol. The van der Waals surface area contributed by atoms with Crippen molar-refractivity contribution in [3.8, 4) is 11.3 Å². The Hall–Kier alpha value is -3.19. The lowest BCUT2D eigenvalue weighted by Gasteiger charge is -2.22. The van der Waals surface area contributed by atoms with E-state index in [-0.39, 0.29) is 5.56 Å². The van der Waals surface area contributed by atoms with Crippen LogP contribution in [0.25, 0.3) is 16.9 Å². The van der Waals surface area contributed by atoms with Crippen molar-refractivity contribution in [2.45, 2.75) is 32.4 Å². The lowest BCUT2D eigenvalue weighted by molar-refractivity contribution is -0.156. The molecular weight excluding hydrogens is 346 g/mol. The molecule has 140 valence electrons. The Kier molecular flexibility index (Phi) is 4.72. The number of rotatable bonds is 4. The quantitative estimate of drug-likeness (QED) is 0.687. The molecule has 0 saturated heterocycles. The Labute approximate surface area is 156 Å². The summed E-state index contributed by atoms with van der Waals surface area (Å²) in [4.78, 5) is 27.9. The number of aromatic nitrogens is 2. The van der Waals surface area contributed by atoms with E-state index in [9.17, 15) is 9.59 Å². The number of carboxylic acids is 1. The molecule has 0 fully saturated rings. The van der Waals surface area contributed by atoms with Gasteiger partial charge in [0.05, 0.1) is 11.3 Å². The van der Waals surface area contributed by atoms with Gasteiger partial charge in [0.1, 0.15) is 17.3 Å². The van der Waals surface area contributed by atoms with E-state index in [0.29, 0.717) is 22.5 Å². The molecule has 27 heavy (non-hydrogen) atoms. The summed E-state index contributed by atoms with van der Waals surface area (Å²) in [6.45, 7) is 5.36. The van der Waals surface area contributed by atoms with Gasteiger partial charge in [-0.1, -0.05) is 18.2 Å². The molecule has 7 nitrogen and oxygen atoms in total. The standard InChI is InChI=1S/C20H21N3O4/c1-20(2,3)27-19(26)17(21)14-7-8-16-22-15(11-23(16)10-14)12-5-4-6-13(9-12)18(24)25/h4-11,17H,21H2,1-3H3,(H,24,25). The number of carbonyl (C=O) groups is 2. The van der Waals surface area contributed by atoms with Gasteiger partial charge in [0.25, 0.3) is 0 Å². The van der Waals surface area contributed by atoms with E-state index >= 15 is 0 Å². The molecule has 0 aliphatic carbocycles. The van der Waals surface area contributed by atoms with Gasteiger partial charge in [-0.15, -0.1) is 0 Å². The van der Waals surface area contributed by atoms with Gasteiger partial charge in [-0.05, 0) is 44.5 Å². The monoisotopic (exact) mass is 367 g/mol. The number of ether oxygens (including phenoxy) is 1. The van der Waals surface area contributed by atoms with Crippen LogP contribution in [0.2, 0.25) is 0 Å². The predicted octanol–water partition coefficient (Wildman–Crippen LogP) is 3.04.